The molecule has 1 amide bonds. The Bertz CT molecular complexity index is 557. The minimum Gasteiger partial charge on any atom is -0.326 e. The van der Waals surface area contributed by atoms with Gasteiger partial charge in [0.2, 0.25) is 5.91 Å². The van der Waals surface area contributed by atoms with Crippen LogP contribution < -0.4 is 5.32 Å². The highest BCUT2D eigenvalue weighted by Crippen LogP contribution is 2.25. The predicted octanol–water partition coefficient (Wildman–Crippen LogP) is 4.43. The second-order valence-electron chi connectivity index (χ2n) is 6.90. The SMILES string of the molecule is C[Si](C)(C)C#Cc1cccc(NC(=O)C2CCCCC2)c1. The van der Waals surface area contributed by atoms with Crippen molar-refractivity contribution in [2.75, 3.05) is 5.32 Å². The molecule has 1 aliphatic rings. The standard InChI is InChI=1S/C18H25NOSi/c1-21(2,3)13-12-15-8-7-11-17(14-15)19-18(20)16-9-5-4-6-10-16/h7-8,11,14,16H,4-6,9-10H2,1-3H3,(H,19,20). The quantitative estimate of drug-likeness (QED) is 0.635. The molecule has 1 N–H and O–H groups in total. The molecule has 2 nitrogen and oxygen atoms in total. The zero-order chi connectivity index (χ0) is 15.3. The molecule has 0 saturated heterocycles. The molecule has 0 spiro atoms. The van der Waals surface area contributed by atoms with Crippen LogP contribution in [0.15, 0.2) is 24.3 Å². The van der Waals surface area contributed by atoms with Crippen LogP contribution in [0.4, 0.5) is 5.69 Å². The van der Waals surface area contributed by atoms with E-state index >= 15 is 0 Å². The molecule has 1 saturated carbocycles. The molecule has 21 heavy (non-hydrogen) atoms. The molecular weight excluding hydrogens is 274 g/mol. The highest BCUT2D eigenvalue weighted by atomic mass is 28.3. The number of hydrogen-bond acceptors (Lipinski definition) is 1. The molecule has 0 aromatic heterocycles. The third-order valence-electron chi connectivity index (χ3n) is 3.69. The van der Waals surface area contributed by atoms with Gasteiger partial charge in [-0.25, -0.2) is 0 Å². The maximum absolute atomic E-state index is 12.3. The van der Waals surface area contributed by atoms with E-state index < -0.39 is 8.07 Å². The minimum absolute atomic E-state index is 0.171. The zero-order valence-corrected chi connectivity index (χ0v) is 14.3. The Hall–Kier alpha value is -1.53. The Morgan fingerprint density at radius 2 is 1.90 bits per heavy atom. The maximum atomic E-state index is 12.3. The van der Waals surface area contributed by atoms with E-state index in [0.29, 0.717) is 0 Å². The summed E-state index contributed by atoms with van der Waals surface area (Å²) in [4.78, 5) is 12.3. The van der Waals surface area contributed by atoms with Crippen LogP contribution in [0.5, 0.6) is 0 Å². The molecule has 1 aromatic rings. The molecule has 0 bridgehead atoms. The van der Waals surface area contributed by atoms with Crippen LogP contribution >= 0.6 is 0 Å². The lowest BCUT2D eigenvalue weighted by atomic mass is 9.88. The summed E-state index contributed by atoms with van der Waals surface area (Å²) in [5.74, 6) is 3.60. The number of rotatable bonds is 2. The smallest absolute Gasteiger partial charge is 0.227 e. The van der Waals surface area contributed by atoms with Crippen molar-refractivity contribution in [3.8, 4) is 11.5 Å². The van der Waals surface area contributed by atoms with E-state index in [2.05, 4.69) is 36.4 Å². The van der Waals surface area contributed by atoms with Gasteiger partial charge in [-0.2, -0.15) is 0 Å². The van der Waals surface area contributed by atoms with Crippen molar-refractivity contribution in [1.29, 1.82) is 0 Å². The van der Waals surface area contributed by atoms with E-state index in [4.69, 9.17) is 0 Å². The van der Waals surface area contributed by atoms with Gasteiger partial charge in [-0.05, 0) is 31.0 Å². The van der Waals surface area contributed by atoms with Gasteiger partial charge in [0, 0.05) is 17.2 Å². The van der Waals surface area contributed by atoms with Gasteiger partial charge in [-0.1, -0.05) is 50.9 Å². The minimum atomic E-state index is -1.36. The van der Waals surface area contributed by atoms with Crippen LogP contribution in [-0.2, 0) is 4.79 Å². The number of anilines is 1. The Morgan fingerprint density at radius 3 is 2.57 bits per heavy atom. The Labute approximate surface area is 129 Å². The Balaban J connectivity index is 2.03. The number of nitrogens with one attached hydrogen (secondary N) is 1. The lowest BCUT2D eigenvalue weighted by Gasteiger charge is -2.20. The molecule has 0 unspecified atom stereocenters. The number of amides is 1. The number of carbonyl (C=O) groups excluding carboxylic acids is 1. The summed E-state index contributed by atoms with van der Waals surface area (Å²) in [6.45, 7) is 6.69. The van der Waals surface area contributed by atoms with E-state index in [1.165, 1.54) is 19.3 Å². The molecule has 1 fully saturated rings. The summed E-state index contributed by atoms with van der Waals surface area (Å²) < 4.78 is 0. The van der Waals surface area contributed by atoms with Crippen molar-refractivity contribution in [1.82, 2.24) is 0 Å². The first-order valence-electron chi connectivity index (χ1n) is 7.88. The maximum Gasteiger partial charge on any atom is 0.227 e. The van der Waals surface area contributed by atoms with Crippen LogP contribution in [0.2, 0.25) is 19.6 Å². The third-order valence-corrected chi connectivity index (χ3v) is 4.56. The predicted molar refractivity (Wildman–Crippen MR) is 91.9 cm³/mol. The third kappa shape index (κ3) is 5.39. The second kappa shape index (κ2) is 6.95. The van der Waals surface area contributed by atoms with Crippen molar-refractivity contribution < 1.29 is 4.79 Å². The lowest BCUT2D eigenvalue weighted by Crippen LogP contribution is -2.24. The Kier molecular flexibility index (Phi) is 5.25. The van der Waals surface area contributed by atoms with E-state index in [0.717, 1.165) is 24.1 Å². The van der Waals surface area contributed by atoms with E-state index in [1.54, 1.807) is 0 Å². The van der Waals surface area contributed by atoms with Gasteiger partial charge < -0.3 is 5.32 Å². The lowest BCUT2D eigenvalue weighted by molar-refractivity contribution is -0.120. The van der Waals surface area contributed by atoms with E-state index in [9.17, 15) is 4.79 Å². The van der Waals surface area contributed by atoms with Gasteiger partial charge in [0.25, 0.3) is 0 Å². The van der Waals surface area contributed by atoms with Gasteiger partial charge in [0.1, 0.15) is 8.07 Å². The van der Waals surface area contributed by atoms with Crippen molar-refractivity contribution >= 4 is 19.7 Å². The van der Waals surface area contributed by atoms with Gasteiger partial charge in [0.15, 0.2) is 0 Å². The highest BCUT2D eigenvalue weighted by Gasteiger charge is 2.20. The van der Waals surface area contributed by atoms with E-state index in [1.807, 2.05) is 24.3 Å². The van der Waals surface area contributed by atoms with Crippen molar-refractivity contribution in [2.45, 2.75) is 51.7 Å². The van der Waals surface area contributed by atoms with Crippen LogP contribution in [0.1, 0.15) is 37.7 Å². The van der Waals surface area contributed by atoms with Gasteiger partial charge in [-0.15, -0.1) is 5.54 Å². The summed E-state index contributed by atoms with van der Waals surface area (Å²) in [5, 5.41) is 3.05. The molecule has 1 aliphatic carbocycles. The highest BCUT2D eigenvalue weighted by molar-refractivity contribution is 6.83. The fourth-order valence-corrected chi connectivity index (χ4v) is 3.06. The molecule has 0 radical (unpaired) electrons. The first-order valence-corrected chi connectivity index (χ1v) is 11.4. The van der Waals surface area contributed by atoms with Gasteiger partial charge >= 0.3 is 0 Å². The van der Waals surface area contributed by atoms with Crippen LogP contribution in [-0.4, -0.2) is 14.0 Å². The summed E-state index contributed by atoms with van der Waals surface area (Å²) in [6.07, 6.45) is 5.69. The molecule has 2 rings (SSSR count). The average molecular weight is 299 g/mol. The molecule has 0 heterocycles. The molecule has 0 atom stereocenters. The topological polar surface area (TPSA) is 29.1 Å². The monoisotopic (exact) mass is 299 g/mol. The molecule has 1 aromatic carbocycles. The van der Waals surface area contributed by atoms with Crippen LogP contribution in [0, 0.1) is 17.4 Å². The summed E-state index contributed by atoms with van der Waals surface area (Å²) in [5.41, 5.74) is 5.21. The Morgan fingerprint density at radius 1 is 1.19 bits per heavy atom. The first kappa shape index (κ1) is 15.8. The summed E-state index contributed by atoms with van der Waals surface area (Å²) >= 11 is 0. The summed E-state index contributed by atoms with van der Waals surface area (Å²) in [6, 6.07) is 7.89. The van der Waals surface area contributed by atoms with Gasteiger partial charge in [0.05, 0.1) is 0 Å². The zero-order valence-electron chi connectivity index (χ0n) is 13.3. The number of hydrogen-bond donors (Lipinski definition) is 1. The number of carbonyl (C=O) groups is 1. The van der Waals surface area contributed by atoms with Crippen molar-refractivity contribution in [2.24, 2.45) is 5.92 Å². The first-order chi connectivity index (χ1) is 9.94. The largest absolute Gasteiger partial charge is 0.326 e. The van der Waals surface area contributed by atoms with Crippen LogP contribution in [0.3, 0.4) is 0 Å². The molecular formula is C18H25NOSi. The second-order valence-corrected chi connectivity index (χ2v) is 11.7. The number of benzene rings is 1. The summed E-state index contributed by atoms with van der Waals surface area (Å²) in [7, 11) is -1.36. The molecule has 0 aliphatic heterocycles. The average Bonchev–Trinajstić information content (AvgIpc) is 2.46. The van der Waals surface area contributed by atoms with Crippen molar-refractivity contribution in [3.63, 3.8) is 0 Å². The fraction of sp³-hybridized carbons (Fsp3) is 0.500. The fourth-order valence-electron chi connectivity index (χ4n) is 2.54. The normalized spacial score (nSPS) is 16.0. The van der Waals surface area contributed by atoms with E-state index in [-0.39, 0.29) is 11.8 Å². The van der Waals surface area contributed by atoms with Crippen molar-refractivity contribution in [3.05, 3.63) is 29.8 Å². The van der Waals surface area contributed by atoms with Crippen LogP contribution in [0.25, 0.3) is 0 Å². The molecule has 112 valence electrons. The molecule has 3 heteroatoms. The van der Waals surface area contributed by atoms with Gasteiger partial charge in [-0.3, -0.25) is 4.79 Å².